The largest absolute Gasteiger partial charge is 0.508 e. The lowest BCUT2D eigenvalue weighted by Crippen LogP contribution is -2.61. The predicted octanol–water partition coefficient (Wildman–Crippen LogP) is 2.73. The first-order valence-corrected chi connectivity index (χ1v) is 7.98. The van der Waals surface area contributed by atoms with Gasteiger partial charge in [-0.3, -0.25) is 0 Å². The maximum absolute atomic E-state index is 10.0. The third-order valence-electron chi connectivity index (χ3n) is 6.22. The van der Waals surface area contributed by atoms with E-state index in [1.807, 2.05) is 19.2 Å². The van der Waals surface area contributed by atoms with E-state index >= 15 is 0 Å². The van der Waals surface area contributed by atoms with E-state index in [0.717, 1.165) is 23.7 Å². The summed E-state index contributed by atoms with van der Waals surface area (Å²) in [5.74, 6) is 0.391. The Hall–Kier alpha value is -1.32. The fourth-order valence-corrected chi connectivity index (χ4v) is 5.01. The van der Waals surface area contributed by atoms with Gasteiger partial charge in [0.15, 0.2) is 0 Å². The van der Waals surface area contributed by atoms with Crippen molar-refractivity contribution < 1.29 is 14.3 Å². The Balaban J connectivity index is 1.97. The average Bonchev–Trinajstić information content (AvgIpc) is 2.81. The summed E-state index contributed by atoms with van der Waals surface area (Å²) in [5.41, 5.74) is 4.37. The molecule has 4 rings (SSSR count). The molecule has 2 heterocycles. The number of quaternary nitrogens is 1. The minimum absolute atomic E-state index is 0.0330. The molecule has 1 aliphatic carbocycles. The van der Waals surface area contributed by atoms with Gasteiger partial charge in [0.25, 0.3) is 0 Å². The number of hydrogen-bond acceptors (Lipinski definition) is 2. The van der Waals surface area contributed by atoms with E-state index in [4.69, 9.17) is 4.74 Å². The summed E-state index contributed by atoms with van der Waals surface area (Å²) >= 11 is 0. The molecule has 21 heavy (non-hydrogen) atoms. The number of aromatic hydroxyl groups is 1. The molecular weight excluding hydrogens is 262 g/mol. The van der Waals surface area contributed by atoms with E-state index in [9.17, 15) is 5.11 Å². The molecule has 0 radical (unpaired) electrons. The molecular formula is C18H24NO2+. The van der Waals surface area contributed by atoms with E-state index in [-0.39, 0.29) is 11.6 Å². The van der Waals surface area contributed by atoms with Crippen LogP contribution in [0.5, 0.6) is 5.75 Å². The lowest BCUT2D eigenvalue weighted by Gasteiger charge is -2.53. The molecule has 1 aromatic carbocycles. The lowest BCUT2D eigenvalue weighted by molar-refractivity contribution is -0.953. The Labute approximate surface area is 126 Å². The van der Waals surface area contributed by atoms with Gasteiger partial charge in [-0.2, -0.15) is 0 Å². The summed E-state index contributed by atoms with van der Waals surface area (Å²) in [4.78, 5) is 0. The van der Waals surface area contributed by atoms with E-state index in [2.05, 4.69) is 19.2 Å². The van der Waals surface area contributed by atoms with Crippen LogP contribution in [-0.4, -0.2) is 42.9 Å². The number of rotatable bonds is 1. The molecule has 1 saturated heterocycles. The minimum atomic E-state index is 0.0330. The number of likely N-dealkylation sites (N-methyl/N-ethyl adjacent to an activating group) is 1. The molecule has 2 aliphatic heterocycles. The Morgan fingerprint density at radius 3 is 2.90 bits per heavy atom. The van der Waals surface area contributed by atoms with E-state index in [1.54, 1.807) is 5.57 Å². The molecule has 1 fully saturated rings. The zero-order chi connectivity index (χ0) is 14.7. The number of ether oxygens (including phenoxy) is 1. The van der Waals surface area contributed by atoms with Crippen molar-refractivity contribution in [1.29, 1.82) is 0 Å². The van der Waals surface area contributed by atoms with Crippen molar-refractivity contribution in [1.82, 2.24) is 0 Å². The average molecular weight is 286 g/mol. The second kappa shape index (κ2) is 4.34. The second-order valence-corrected chi connectivity index (χ2v) is 7.07. The third kappa shape index (κ3) is 1.62. The molecule has 0 bridgehead atoms. The van der Waals surface area contributed by atoms with E-state index < -0.39 is 0 Å². The number of methoxy groups -OCH3 is 1. The first-order chi connectivity index (χ1) is 10.1. The molecule has 0 amide bonds. The SMILES string of the molecule is CO[C@H]1CC=C2CC[N+]3(C)CCc4ccc(O)cc4[C@]23C1. The van der Waals surface area contributed by atoms with Crippen LogP contribution in [0.25, 0.3) is 0 Å². The van der Waals surface area contributed by atoms with Crippen LogP contribution in [0.15, 0.2) is 29.8 Å². The minimum Gasteiger partial charge on any atom is -0.508 e. The quantitative estimate of drug-likeness (QED) is 0.635. The third-order valence-corrected chi connectivity index (χ3v) is 6.22. The number of nitrogens with zero attached hydrogens (tertiary/aromatic N) is 1. The van der Waals surface area contributed by atoms with Gasteiger partial charge in [0.1, 0.15) is 11.3 Å². The molecule has 1 spiro atoms. The maximum Gasteiger partial charge on any atom is 0.149 e. The van der Waals surface area contributed by atoms with Crippen molar-refractivity contribution in [3.8, 4) is 5.75 Å². The van der Waals surface area contributed by atoms with E-state index in [1.165, 1.54) is 30.6 Å². The van der Waals surface area contributed by atoms with Crippen LogP contribution >= 0.6 is 0 Å². The zero-order valence-electron chi connectivity index (χ0n) is 12.9. The molecule has 3 aliphatic rings. The monoisotopic (exact) mass is 286 g/mol. The molecule has 1 N–H and O–H groups in total. The molecule has 1 aromatic rings. The highest BCUT2D eigenvalue weighted by Gasteiger charge is 2.61. The van der Waals surface area contributed by atoms with Gasteiger partial charge in [-0.1, -0.05) is 12.1 Å². The summed E-state index contributed by atoms with van der Waals surface area (Å²) in [6.45, 7) is 2.39. The zero-order valence-corrected chi connectivity index (χ0v) is 12.9. The molecule has 1 unspecified atom stereocenters. The van der Waals surface area contributed by atoms with Gasteiger partial charge in [-0.05, 0) is 29.7 Å². The Kier molecular flexibility index (Phi) is 2.76. The van der Waals surface area contributed by atoms with Crippen LogP contribution < -0.4 is 0 Å². The Morgan fingerprint density at radius 2 is 2.10 bits per heavy atom. The van der Waals surface area contributed by atoms with Crippen LogP contribution in [0, 0.1) is 0 Å². The number of phenolic OH excluding ortho intramolecular Hbond substituents is 1. The normalized spacial score (nSPS) is 37.4. The number of phenols is 1. The highest BCUT2D eigenvalue weighted by Crippen LogP contribution is 2.56. The van der Waals surface area contributed by atoms with Crippen molar-refractivity contribution in [2.45, 2.75) is 37.3 Å². The van der Waals surface area contributed by atoms with Crippen LogP contribution in [0.2, 0.25) is 0 Å². The van der Waals surface area contributed by atoms with Crippen LogP contribution in [0.3, 0.4) is 0 Å². The molecule has 3 atom stereocenters. The lowest BCUT2D eigenvalue weighted by atomic mass is 9.69. The highest BCUT2D eigenvalue weighted by atomic mass is 16.5. The summed E-state index contributed by atoms with van der Waals surface area (Å²) in [5, 5.41) is 10.0. The van der Waals surface area contributed by atoms with Crippen molar-refractivity contribution in [2.24, 2.45) is 0 Å². The van der Waals surface area contributed by atoms with Gasteiger partial charge in [0, 0.05) is 31.9 Å². The first-order valence-electron chi connectivity index (χ1n) is 7.98. The van der Waals surface area contributed by atoms with Gasteiger partial charge in [0.2, 0.25) is 0 Å². The van der Waals surface area contributed by atoms with Gasteiger partial charge in [-0.15, -0.1) is 0 Å². The Morgan fingerprint density at radius 1 is 1.29 bits per heavy atom. The summed E-state index contributed by atoms with van der Waals surface area (Å²) in [6, 6.07) is 5.97. The predicted molar refractivity (Wildman–Crippen MR) is 82.1 cm³/mol. The van der Waals surface area contributed by atoms with Gasteiger partial charge >= 0.3 is 0 Å². The Bertz CT molecular complexity index is 624. The van der Waals surface area contributed by atoms with Gasteiger partial charge in [0.05, 0.1) is 26.2 Å². The second-order valence-electron chi connectivity index (χ2n) is 7.07. The summed E-state index contributed by atoms with van der Waals surface area (Å²) < 4.78 is 6.79. The van der Waals surface area contributed by atoms with Gasteiger partial charge < -0.3 is 14.3 Å². The summed E-state index contributed by atoms with van der Waals surface area (Å²) in [7, 11) is 4.22. The maximum atomic E-state index is 10.0. The first kappa shape index (κ1) is 13.4. The topological polar surface area (TPSA) is 29.5 Å². The molecule has 112 valence electrons. The number of fused-ring (bicyclic) bond motifs is 1. The molecule has 0 saturated carbocycles. The number of hydrogen-bond donors (Lipinski definition) is 1. The molecule has 3 heteroatoms. The highest BCUT2D eigenvalue weighted by molar-refractivity contribution is 5.47. The van der Waals surface area contributed by atoms with Crippen molar-refractivity contribution in [2.75, 3.05) is 27.2 Å². The van der Waals surface area contributed by atoms with Crippen LogP contribution in [0.4, 0.5) is 0 Å². The standard InChI is InChI=1S/C18H23NO2/c1-19-9-7-13-3-5-15(20)11-17(13)18(19)12-16(21-2)6-4-14(18)8-10-19/h3-5,11,16H,6-10,12H2,1-2H3/p+1/t16-,18-,19?/m0/s1. The van der Waals surface area contributed by atoms with Crippen LogP contribution in [-0.2, 0) is 16.7 Å². The van der Waals surface area contributed by atoms with Crippen LogP contribution in [0.1, 0.15) is 30.4 Å². The molecule has 3 nitrogen and oxygen atoms in total. The molecule has 0 aromatic heterocycles. The van der Waals surface area contributed by atoms with Crippen molar-refractivity contribution in [3.05, 3.63) is 41.0 Å². The van der Waals surface area contributed by atoms with Gasteiger partial charge in [-0.25, -0.2) is 0 Å². The van der Waals surface area contributed by atoms with Crippen molar-refractivity contribution >= 4 is 0 Å². The van der Waals surface area contributed by atoms with E-state index in [0.29, 0.717) is 5.75 Å². The fourth-order valence-electron chi connectivity index (χ4n) is 5.01. The smallest absolute Gasteiger partial charge is 0.149 e. The summed E-state index contributed by atoms with van der Waals surface area (Å²) in [6.07, 6.45) is 7.07. The van der Waals surface area contributed by atoms with Crippen molar-refractivity contribution in [3.63, 3.8) is 0 Å². The fraction of sp³-hybridized carbons (Fsp3) is 0.556. The number of benzene rings is 1.